The van der Waals surface area contributed by atoms with Gasteiger partial charge >= 0.3 is 5.97 Å². The molecule has 3 heterocycles. The SMILES string of the molecule is CCCN(OCC)C(=O)C1=Cc2ncc(N3CCC[C@@H](CNC(=O)CCOCCOCCOCCOCCOCCOCCOCCOCCOCCOCCC(=O)Oc4c(F)c(F)cc(F)c4F)C3)cc2N=C(N)C1. The molecule has 0 saturated carbocycles. The number of rotatable bonds is 42. The third-order valence-electron chi connectivity index (χ3n) is 11.1. The van der Waals surface area contributed by atoms with E-state index in [1.165, 1.54) is 5.06 Å². The summed E-state index contributed by atoms with van der Waals surface area (Å²) >= 11 is 0. The summed E-state index contributed by atoms with van der Waals surface area (Å²) in [7, 11) is 0. The first kappa shape index (κ1) is 63.6. The number of aliphatic imine (C=N–C) groups is 1. The Kier molecular flexibility index (Phi) is 32.3. The summed E-state index contributed by atoms with van der Waals surface area (Å²) in [5, 5.41) is 4.43. The van der Waals surface area contributed by atoms with Crippen LogP contribution in [0, 0.1) is 29.2 Å². The number of nitrogens with one attached hydrogen (secondary N) is 1. The highest BCUT2D eigenvalue weighted by molar-refractivity contribution is 6.05. The maximum absolute atomic E-state index is 13.6. The Morgan fingerprint density at radius 1 is 0.697 bits per heavy atom. The number of anilines is 1. The van der Waals surface area contributed by atoms with Gasteiger partial charge in [-0.25, -0.2) is 18.8 Å². The van der Waals surface area contributed by atoms with Gasteiger partial charge < -0.3 is 68.1 Å². The van der Waals surface area contributed by atoms with Crippen molar-refractivity contribution in [2.75, 3.05) is 170 Å². The molecule has 1 aromatic carbocycles. The molecule has 2 aromatic rings. The van der Waals surface area contributed by atoms with E-state index in [4.69, 9.17) is 57.9 Å². The largest absolute Gasteiger partial charge is 0.420 e. The molecular formula is C51H76F4N6O15. The Morgan fingerprint density at radius 3 is 1.67 bits per heavy atom. The second-order valence-corrected chi connectivity index (χ2v) is 17.0. The van der Waals surface area contributed by atoms with Crippen molar-refractivity contribution in [3.05, 3.63) is 52.9 Å². The number of carbonyl (C=O) groups excluding carboxylic acids is 3. The van der Waals surface area contributed by atoms with E-state index in [-0.39, 0.29) is 63.1 Å². The molecule has 0 spiro atoms. The van der Waals surface area contributed by atoms with Gasteiger partial charge in [0, 0.05) is 50.7 Å². The molecule has 2 aliphatic heterocycles. The molecule has 0 radical (unpaired) electrons. The Labute approximate surface area is 441 Å². The first-order valence-electron chi connectivity index (χ1n) is 25.8. The van der Waals surface area contributed by atoms with Crippen LogP contribution in [0.2, 0.25) is 0 Å². The van der Waals surface area contributed by atoms with Gasteiger partial charge in [-0.3, -0.25) is 24.2 Å². The van der Waals surface area contributed by atoms with Crippen LogP contribution in [-0.2, 0) is 66.6 Å². The van der Waals surface area contributed by atoms with Crippen molar-refractivity contribution in [3.8, 4) is 5.75 Å². The summed E-state index contributed by atoms with van der Waals surface area (Å²) in [6.07, 6.45) is 6.33. The van der Waals surface area contributed by atoms with Crippen molar-refractivity contribution < 1.29 is 88.9 Å². The van der Waals surface area contributed by atoms with Crippen LogP contribution in [-0.4, -0.2) is 199 Å². The number of hydroxylamine groups is 2. The number of benzene rings is 1. The summed E-state index contributed by atoms with van der Waals surface area (Å²) in [6, 6.07) is 1.97. The first-order valence-corrected chi connectivity index (χ1v) is 25.8. The van der Waals surface area contributed by atoms with E-state index in [1.54, 1.807) is 12.3 Å². The van der Waals surface area contributed by atoms with Crippen molar-refractivity contribution in [1.82, 2.24) is 15.4 Å². The number of nitrogens with zero attached hydrogens (tertiary/aromatic N) is 4. The maximum Gasteiger partial charge on any atom is 0.313 e. The summed E-state index contributed by atoms with van der Waals surface area (Å²) in [5.41, 5.74) is 8.84. The average Bonchev–Trinajstić information content (AvgIpc) is 3.59. The van der Waals surface area contributed by atoms with Crippen molar-refractivity contribution in [1.29, 1.82) is 0 Å². The van der Waals surface area contributed by atoms with Crippen LogP contribution in [0.15, 0.2) is 28.9 Å². The molecular weight excluding hydrogens is 1010 g/mol. The molecule has 0 aliphatic carbocycles. The molecule has 1 aromatic heterocycles. The van der Waals surface area contributed by atoms with Gasteiger partial charge in [0.1, 0.15) is 5.84 Å². The van der Waals surface area contributed by atoms with Gasteiger partial charge in [-0.1, -0.05) is 6.92 Å². The number of esters is 1. The van der Waals surface area contributed by atoms with Crippen LogP contribution in [0.25, 0.3) is 6.08 Å². The third kappa shape index (κ3) is 25.5. The number of ether oxygens (including phenoxy) is 11. The van der Waals surface area contributed by atoms with Gasteiger partial charge in [0.05, 0.1) is 168 Å². The highest BCUT2D eigenvalue weighted by Gasteiger charge is 2.26. The number of piperidine rings is 1. The lowest BCUT2D eigenvalue weighted by Crippen LogP contribution is -2.41. The quantitative estimate of drug-likeness (QED) is 0.0233. The van der Waals surface area contributed by atoms with Crippen molar-refractivity contribution in [2.45, 2.75) is 52.4 Å². The molecule has 76 heavy (non-hydrogen) atoms. The van der Waals surface area contributed by atoms with E-state index in [2.05, 4.69) is 24.9 Å². The fourth-order valence-corrected chi connectivity index (χ4v) is 7.33. The van der Waals surface area contributed by atoms with Crippen molar-refractivity contribution in [2.24, 2.45) is 16.6 Å². The van der Waals surface area contributed by atoms with E-state index in [9.17, 15) is 31.9 Å². The second-order valence-electron chi connectivity index (χ2n) is 17.0. The van der Waals surface area contributed by atoms with Crippen molar-refractivity contribution in [3.63, 3.8) is 0 Å². The smallest absolute Gasteiger partial charge is 0.313 e. The number of hydrogen-bond acceptors (Lipinski definition) is 19. The minimum Gasteiger partial charge on any atom is -0.420 e. The lowest BCUT2D eigenvalue weighted by atomic mass is 9.97. The minimum atomic E-state index is -1.80. The number of carbonyl (C=O) groups is 3. The molecule has 1 atom stereocenters. The van der Waals surface area contributed by atoms with Crippen LogP contribution >= 0.6 is 0 Å². The highest BCUT2D eigenvalue weighted by atomic mass is 19.2. The summed E-state index contributed by atoms with van der Waals surface area (Å²) < 4.78 is 112. The normalized spacial score (nSPS) is 14.5. The van der Waals surface area contributed by atoms with E-state index >= 15 is 0 Å². The average molecular weight is 1090 g/mol. The zero-order valence-electron chi connectivity index (χ0n) is 43.8. The van der Waals surface area contributed by atoms with Gasteiger partial charge in [-0.2, -0.15) is 8.78 Å². The number of amidine groups is 1. The second kappa shape index (κ2) is 38.6. The molecule has 1 fully saturated rings. The highest BCUT2D eigenvalue weighted by Crippen LogP contribution is 2.32. The summed E-state index contributed by atoms with van der Waals surface area (Å²) in [6.45, 7) is 13.6. The molecule has 25 heteroatoms. The molecule has 1 saturated heterocycles. The number of halogens is 4. The van der Waals surface area contributed by atoms with Crippen LogP contribution in [0.3, 0.4) is 0 Å². The number of pyridine rings is 1. The van der Waals surface area contributed by atoms with Crippen molar-refractivity contribution >= 4 is 41.1 Å². The lowest BCUT2D eigenvalue weighted by molar-refractivity contribution is -0.180. The van der Waals surface area contributed by atoms with Gasteiger partial charge in [0.15, 0.2) is 11.6 Å². The fourth-order valence-electron chi connectivity index (χ4n) is 7.33. The maximum atomic E-state index is 13.6. The monoisotopic (exact) mass is 1090 g/mol. The molecule has 0 bridgehead atoms. The Bertz CT molecular complexity index is 2050. The summed E-state index contributed by atoms with van der Waals surface area (Å²) in [4.78, 5) is 54.6. The number of fused-ring (bicyclic) bond motifs is 1. The predicted molar refractivity (Wildman–Crippen MR) is 269 cm³/mol. The molecule has 2 amide bonds. The van der Waals surface area contributed by atoms with E-state index in [0.29, 0.717) is 148 Å². The van der Waals surface area contributed by atoms with Crippen LogP contribution in [0.4, 0.5) is 28.9 Å². The number of nitrogens with two attached hydrogens (primary N) is 1. The first-order chi connectivity index (χ1) is 37.0. The predicted octanol–water partition coefficient (Wildman–Crippen LogP) is 4.49. The van der Waals surface area contributed by atoms with Gasteiger partial charge in [-0.15, -0.1) is 0 Å². The zero-order valence-corrected chi connectivity index (χ0v) is 43.8. The molecule has 0 unspecified atom stereocenters. The van der Waals surface area contributed by atoms with Gasteiger partial charge in [0.25, 0.3) is 5.91 Å². The van der Waals surface area contributed by atoms with Crippen LogP contribution in [0.1, 0.15) is 58.1 Å². The van der Waals surface area contributed by atoms with E-state index in [0.717, 1.165) is 38.0 Å². The molecule has 2 aliphatic rings. The lowest BCUT2D eigenvalue weighted by Gasteiger charge is -2.34. The Balaban J connectivity index is 0.850. The molecule has 428 valence electrons. The number of aromatic nitrogens is 1. The molecule has 4 rings (SSSR count). The topological polar surface area (TPSA) is 232 Å². The Morgan fingerprint density at radius 2 is 1.18 bits per heavy atom. The van der Waals surface area contributed by atoms with Gasteiger partial charge in [-0.05, 0) is 44.2 Å². The fraction of sp³-hybridized carbons (Fsp3) is 0.667. The Hall–Kier alpha value is -4.93. The molecule has 3 N–H and O–H groups in total. The third-order valence-corrected chi connectivity index (χ3v) is 11.1. The van der Waals surface area contributed by atoms with E-state index in [1.807, 2.05) is 19.9 Å². The van der Waals surface area contributed by atoms with Gasteiger partial charge in [0.2, 0.25) is 23.3 Å². The standard InChI is InChI=1S/C51H76F4N6O15/c1-3-9-61(75-4-2)51(64)39-31-43-44(59-45(56)32-39)33-40(36-57-43)60-10-5-6-38(37-60)35-58-46(62)7-11-65-13-15-67-17-19-69-21-23-71-25-27-73-29-30-74-28-26-72-24-22-70-20-18-68-16-14-66-12-8-47(63)76-50-48(54)41(52)34-42(53)49(50)55/h31,33-34,36,38H,3-30,32,35,37H2,1-2H3,(H2,56,59)(H,58,62)/t38-/m0/s1. The van der Waals surface area contributed by atoms with Crippen LogP contribution < -0.4 is 20.7 Å². The summed E-state index contributed by atoms with van der Waals surface area (Å²) in [5.74, 6) is -9.23. The minimum absolute atomic E-state index is 0.0153. The van der Waals surface area contributed by atoms with Crippen LogP contribution in [0.5, 0.6) is 5.75 Å². The zero-order chi connectivity index (χ0) is 54.6. The van der Waals surface area contributed by atoms with E-state index < -0.39 is 41.4 Å². The molecule has 21 nitrogen and oxygen atoms in total. The number of amides is 2. The number of hydrogen-bond donors (Lipinski definition) is 2.